The monoisotopic (exact) mass is 272 g/mol. The van der Waals surface area contributed by atoms with Crippen molar-refractivity contribution in [1.29, 1.82) is 0 Å². The third-order valence-corrected chi connectivity index (χ3v) is 3.12. The number of nitrogen functional groups attached to an aromatic ring is 1. The highest BCUT2D eigenvalue weighted by Gasteiger charge is 2.15. The maximum absolute atomic E-state index is 6.02. The Morgan fingerprint density at radius 3 is 2.65 bits per heavy atom. The molecule has 0 bridgehead atoms. The van der Waals surface area contributed by atoms with Crippen LogP contribution in [0.2, 0.25) is 0 Å². The molecule has 1 heterocycles. The smallest absolute Gasteiger partial charge is 0.233 e. The SMILES string of the molecule is COc1cncc(N(Cc2ccccc2N)C(C)C)n1. The Labute approximate surface area is 119 Å². The van der Waals surface area contributed by atoms with Crippen molar-refractivity contribution in [2.45, 2.75) is 26.4 Å². The molecule has 0 radical (unpaired) electrons. The van der Waals surface area contributed by atoms with Gasteiger partial charge in [0.25, 0.3) is 0 Å². The molecule has 0 aliphatic rings. The average Bonchev–Trinajstić information content (AvgIpc) is 2.46. The van der Waals surface area contributed by atoms with Gasteiger partial charge >= 0.3 is 0 Å². The summed E-state index contributed by atoms with van der Waals surface area (Å²) in [6.07, 6.45) is 3.33. The third kappa shape index (κ3) is 3.17. The molecule has 0 spiro atoms. The van der Waals surface area contributed by atoms with Crippen molar-refractivity contribution in [2.75, 3.05) is 17.7 Å². The van der Waals surface area contributed by atoms with E-state index in [1.54, 1.807) is 19.5 Å². The van der Waals surface area contributed by atoms with Gasteiger partial charge in [0.15, 0.2) is 5.82 Å². The molecule has 2 rings (SSSR count). The number of aromatic nitrogens is 2. The number of hydrogen-bond acceptors (Lipinski definition) is 5. The second-order valence-electron chi connectivity index (χ2n) is 4.84. The van der Waals surface area contributed by atoms with E-state index in [0.717, 1.165) is 17.1 Å². The van der Waals surface area contributed by atoms with Gasteiger partial charge in [-0.1, -0.05) is 18.2 Å². The number of hydrogen-bond donors (Lipinski definition) is 1. The van der Waals surface area contributed by atoms with Crippen LogP contribution in [0.5, 0.6) is 5.88 Å². The Morgan fingerprint density at radius 1 is 1.25 bits per heavy atom. The Morgan fingerprint density at radius 2 is 2.00 bits per heavy atom. The van der Waals surface area contributed by atoms with E-state index in [2.05, 4.69) is 28.7 Å². The summed E-state index contributed by atoms with van der Waals surface area (Å²) >= 11 is 0. The lowest BCUT2D eigenvalue weighted by Gasteiger charge is -2.28. The zero-order valence-corrected chi connectivity index (χ0v) is 12.1. The number of rotatable bonds is 5. The molecular formula is C15H20N4O. The van der Waals surface area contributed by atoms with E-state index in [1.807, 2.05) is 24.3 Å². The molecule has 0 aliphatic carbocycles. The average molecular weight is 272 g/mol. The molecule has 0 saturated carbocycles. The van der Waals surface area contributed by atoms with Crippen LogP contribution in [0.15, 0.2) is 36.7 Å². The fourth-order valence-corrected chi connectivity index (χ4v) is 1.96. The summed E-state index contributed by atoms with van der Waals surface area (Å²) in [6.45, 7) is 4.91. The molecule has 1 aromatic carbocycles. The minimum absolute atomic E-state index is 0.274. The lowest BCUT2D eigenvalue weighted by molar-refractivity contribution is 0.395. The van der Waals surface area contributed by atoms with Crippen LogP contribution < -0.4 is 15.4 Å². The molecule has 0 amide bonds. The van der Waals surface area contributed by atoms with Gasteiger partial charge in [-0.3, -0.25) is 4.98 Å². The van der Waals surface area contributed by atoms with E-state index in [9.17, 15) is 0 Å². The van der Waals surface area contributed by atoms with Gasteiger partial charge in [-0.05, 0) is 25.5 Å². The molecule has 2 aromatic rings. The molecule has 0 unspecified atom stereocenters. The van der Waals surface area contributed by atoms with Crippen molar-refractivity contribution < 1.29 is 4.74 Å². The van der Waals surface area contributed by atoms with Gasteiger partial charge in [0, 0.05) is 18.3 Å². The molecule has 106 valence electrons. The maximum Gasteiger partial charge on any atom is 0.233 e. The van der Waals surface area contributed by atoms with E-state index >= 15 is 0 Å². The van der Waals surface area contributed by atoms with Crippen LogP contribution >= 0.6 is 0 Å². The standard InChI is InChI=1S/C15H20N4O/c1-11(2)19(10-12-6-4-5-7-13(12)16)14-8-17-9-15(18-14)20-3/h4-9,11H,10,16H2,1-3H3. The molecule has 20 heavy (non-hydrogen) atoms. The van der Waals surface area contributed by atoms with Crippen molar-refractivity contribution in [3.8, 4) is 5.88 Å². The fourth-order valence-electron chi connectivity index (χ4n) is 1.96. The molecular weight excluding hydrogens is 252 g/mol. The highest BCUT2D eigenvalue weighted by atomic mass is 16.5. The van der Waals surface area contributed by atoms with E-state index in [1.165, 1.54) is 0 Å². The number of para-hydroxylation sites is 1. The molecule has 0 aliphatic heterocycles. The van der Waals surface area contributed by atoms with Crippen molar-refractivity contribution in [1.82, 2.24) is 9.97 Å². The molecule has 1 aromatic heterocycles. The maximum atomic E-state index is 6.02. The molecule has 5 heteroatoms. The normalized spacial score (nSPS) is 10.6. The first kappa shape index (κ1) is 14.1. The predicted octanol–water partition coefficient (Wildman–Crippen LogP) is 2.48. The van der Waals surface area contributed by atoms with E-state index < -0.39 is 0 Å². The zero-order chi connectivity index (χ0) is 14.5. The molecule has 2 N–H and O–H groups in total. The molecule has 0 atom stereocenters. The summed E-state index contributed by atoms with van der Waals surface area (Å²) in [5.41, 5.74) is 7.88. The summed E-state index contributed by atoms with van der Waals surface area (Å²) in [5, 5.41) is 0. The molecule has 5 nitrogen and oxygen atoms in total. The van der Waals surface area contributed by atoms with Gasteiger partial charge in [-0.2, -0.15) is 4.98 Å². The second-order valence-corrected chi connectivity index (χ2v) is 4.84. The van der Waals surface area contributed by atoms with Crippen molar-refractivity contribution in [3.63, 3.8) is 0 Å². The summed E-state index contributed by atoms with van der Waals surface area (Å²) in [6, 6.07) is 8.13. The summed E-state index contributed by atoms with van der Waals surface area (Å²) in [5.74, 6) is 1.29. The first-order valence-corrected chi connectivity index (χ1v) is 6.58. The topological polar surface area (TPSA) is 64.3 Å². The van der Waals surface area contributed by atoms with Crippen LogP contribution in [0.25, 0.3) is 0 Å². The molecule has 0 fully saturated rings. The number of ether oxygens (including phenoxy) is 1. The Bertz CT molecular complexity index is 571. The van der Waals surface area contributed by atoms with Gasteiger partial charge in [-0.25, -0.2) is 0 Å². The highest BCUT2D eigenvalue weighted by molar-refractivity contribution is 5.49. The highest BCUT2D eigenvalue weighted by Crippen LogP contribution is 2.21. The molecule has 0 saturated heterocycles. The third-order valence-electron chi connectivity index (χ3n) is 3.12. The van der Waals surface area contributed by atoms with Crippen molar-refractivity contribution in [3.05, 3.63) is 42.2 Å². The first-order valence-electron chi connectivity index (χ1n) is 6.58. The summed E-state index contributed by atoms with van der Waals surface area (Å²) in [4.78, 5) is 10.7. The van der Waals surface area contributed by atoms with Crippen LogP contribution in [0.4, 0.5) is 11.5 Å². The van der Waals surface area contributed by atoms with Crippen LogP contribution in [0.1, 0.15) is 19.4 Å². The minimum atomic E-state index is 0.274. The van der Waals surface area contributed by atoms with E-state index in [4.69, 9.17) is 10.5 Å². The first-order chi connectivity index (χ1) is 9.61. The Balaban J connectivity index is 2.29. The van der Waals surface area contributed by atoms with Crippen LogP contribution in [-0.4, -0.2) is 23.1 Å². The zero-order valence-electron chi connectivity index (χ0n) is 12.1. The largest absolute Gasteiger partial charge is 0.480 e. The van der Waals surface area contributed by atoms with Crippen LogP contribution in [-0.2, 0) is 6.54 Å². The van der Waals surface area contributed by atoms with Crippen molar-refractivity contribution in [2.24, 2.45) is 0 Å². The number of nitrogens with two attached hydrogens (primary N) is 1. The van der Waals surface area contributed by atoms with Gasteiger partial charge in [-0.15, -0.1) is 0 Å². The van der Waals surface area contributed by atoms with Gasteiger partial charge in [0.2, 0.25) is 5.88 Å². The predicted molar refractivity (Wildman–Crippen MR) is 80.8 cm³/mol. The lowest BCUT2D eigenvalue weighted by Crippen LogP contribution is -2.31. The summed E-state index contributed by atoms with van der Waals surface area (Å²) in [7, 11) is 1.59. The summed E-state index contributed by atoms with van der Waals surface area (Å²) < 4.78 is 5.13. The quantitative estimate of drug-likeness (QED) is 0.847. The second kappa shape index (κ2) is 6.23. The van der Waals surface area contributed by atoms with Crippen molar-refractivity contribution >= 4 is 11.5 Å². The van der Waals surface area contributed by atoms with E-state index in [0.29, 0.717) is 12.4 Å². The fraction of sp³-hybridized carbons (Fsp3) is 0.333. The van der Waals surface area contributed by atoms with Gasteiger partial charge < -0.3 is 15.4 Å². The van der Waals surface area contributed by atoms with Crippen LogP contribution in [0.3, 0.4) is 0 Å². The number of methoxy groups -OCH3 is 1. The Kier molecular flexibility index (Phi) is 4.40. The van der Waals surface area contributed by atoms with Gasteiger partial charge in [0.05, 0.1) is 19.5 Å². The van der Waals surface area contributed by atoms with Gasteiger partial charge in [0.1, 0.15) is 0 Å². The number of nitrogens with zero attached hydrogens (tertiary/aromatic N) is 3. The Hall–Kier alpha value is -2.30. The number of anilines is 2. The number of benzene rings is 1. The minimum Gasteiger partial charge on any atom is -0.480 e. The van der Waals surface area contributed by atoms with Crippen LogP contribution in [0, 0.1) is 0 Å². The lowest BCUT2D eigenvalue weighted by atomic mass is 10.1. The van der Waals surface area contributed by atoms with E-state index in [-0.39, 0.29) is 6.04 Å².